The molecule has 0 aliphatic rings. The molecule has 0 saturated heterocycles. The molecule has 29 heavy (non-hydrogen) atoms. The van der Waals surface area contributed by atoms with E-state index in [1.165, 1.54) is 4.40 Å². The fourth-order valence-electron chi connectivity index (χ4n) is 2.89. The molecule has 8 nitrogen and oxygen atoms in total. The Balaban J connectivity index is 1.55. The minimum absolute atomic E-state index is 0.0520. The lowest BCUT2D eigenvalue weighted by Crippen LogP contribution is -2.23. The summed E-state index contributed by atoms with van der Waals surface area (Å²) in [5.74, 6) is -0.470. The average Bonchev–Trinajstić information content (AvgIpc) is 3.31. The van der Waals surface area contributed by atoms with Crippen LogP contribution >= 0.6 is 11.6 Å². The molecule has 4 aromatic rings. The summed E-state index contributed by atoms with van der Waals surface area (Å²) in [6, 6.07) is 12.2. The standard InChI is InChI=1S/C19H16ClN5O3S/c1-29(27,28)19-23-17(16-4-2-3-9-24(16)19)18(26)21-10-13-11-22-25(12-13)15-7-5-14(20)6-8-15/h2-9,11-12H,10H2,1H3,(H,21,26). The van der Waals surface area contributed by atoms with Crippen LogP contribution in [0.1, 0.15) is 16.1 Å². The van der Waals surface area contributed by atoms with Crippen molar-refractivity contribution in [3.05, 3.63) is 77.3 Å². The smallest absolute Gasteiger partial charge is 0.272 e. The van der Waals surface area contributed by atoms with Crippen LogP contribution in [0, 0.1) is 0 Å². The molecule has 1 N–H and O–H groups in total. The van der Waals surface area contributed by atoms with Crippen molar-refractivity contribution in [1.29, 1.82) is 0 Å². The number of hydrogen-bond donors (Lipinski definition) is 1. The van der Waals surface area contributed by atoms with Gasteiger partial charge in [0.05, 0.1) is 17.4 Å². The molecule has 3 heterocycles. The van der Waals surface area contributed by atoms with Gasteiger partial charge in [0.15, 0.2) is 5.69 Å². The predicted octanol–water partition coefficient (Wildman–Crippen LogP) is 2.51. The van der Waals surface area contributed by atoms with Gasteiger partial charge < -0.3 is 5.32 Å². The van der Waals surface area contributed by atoms with Gasteiger partial charge in [-0.15, -0.1) is 0 Å². The lowest BCUT2D eigenvalue weighted by atomic mass is 10.3. The molecular formula is C19H16ClN5O3S. The van der Waals surface area contributed by atoms with Gasteiger partial charge in [-0.2, -0.15) is 5.10 Å². The molecule has 4 rings (SSSR count). The summed E-state index contributed by atoms with van der Waals surface area (Å²) in [5.41, 5.74) is 2.09. The van der Waals surface area contributed by atoms with Gasteiger partial charge in [-0.1, -0.05) is 17.7 Å². The zero-order valence-electron chi connectivity index (χ0n) is 15.3. The van der Waals surface area contributed by atoms with Crippen LogP contribution in [-0.4, -0.2) is 39.7 Å². The van der Waals surface area contributed by atoms with Gasteiger partial charge in [0, 0.05) is 35.8 Å². The number of imidazole rings is 1. The Labute approximate surface area is 171 Å². The molecule has 10 heteroatoms. The highest BCUT2D eigenvalue weighted by molar-refractivity contribution is 7.90. The van der Waals surface area contributed by atoms with Crippen LogP contribution in [0.15, 0.2) is 66.2 Å². The van der Waals surface area contributed by atoms with Crippen LogP contribution in [0.3, 0.4) is 0 Å². The maximum atomic E-state index is 12.7. The number of benzene rings is 1. The summed E-state index contributed by atoms with van der Waals surface area (Å²) < 4.78 is 27.0. The largest absolute Gasteiger partial charge is 0.346 e. The minimum atomic E-state index is -3.59. The van der Waals surface area contributed by atoms with Crippen LogP contribution in [0.5, 0.6) is 0 Å². The molecule has 1 amide bonds. The quantitative estimate of drug-likeness (QED) is 0.525. The normalized spacial score (nSPS) is 11.7. The van der Waals surface area contributed by atoms with Crippen molar-refractivity contribution >= 4 is 32.9 Å². The first kappa shape index (κ1) is 19.2. The Morgan fingerprint density at radius 3 is 2.66 bits per heavy atom. The zero-order chi connectivity index (χ0) is 20.6. The third kappa shape index (κ3) is 3.87. The second-order valence-corrected chi connectivity index (χ2v) is 8.77. The number of nitrogens with one attached hydrogen (secondary N) is 1. The van der Waals surface area contributed by atoms with Crippen LogP contribution in [0.2, 0.25) is 5.02 Å². The van der Waals surface area contributed by atoms with E-state index < -0.39 is 15.7 Å². The molecule has 0 radical (unpaired) electrons. The second-order valence-electron chi connectivity index (χ2n) is 6.42. The minimum Gasteiger partial charge on any atom is -0.346 e. The Kier molecular flexibility index (Phi) is 4.85. The van der Waals surface area contributed by atoms with E-state index in [2.05, 4.69) is 15.4 Å². The van der Waals surface area contributed by atoms with E-state index in [1.54, 1.807) is 53.6 Å². The summed E-state index contributed by atoms with van der Waals surface area (Å²) >= 11 is 5.90. The van der Waals surface area contributed by atoms with Crippen LogP contribution < -0.4 is 5.32 Å². The van der Waals surface area contributed by atoms with Crippen molar-refractivity contribution in [3.63, 3.8) is 0 Å². The van der Waals surface area contributed by atoms with E-state index in [0.717, 1.165) is 17.5 Å². The van der Waals surface area contributed by atoms with E-state index >= 15 is 0 Å². The number of aromatic nitrogens is 4. The number of pyridine rings is 1. The van der Waals surface area contributed by atoms with Crippen molar-refractivity contribution in [2.75, 3.05) is 6.26 Å². The molecule has 0 bridgehead atoms. The topological polar surface area (TPSA) is 98.4 Å². The Bertz CT molecular complexity index is 1310. The van der Waals surface area contributed by atoms with Gasteiger partial charge in [0.2, 0.25) is 15.0 Å². The molecule has 0 unspecified atom stereocenters. The monoisotopic (exact) mass is 429 g/mol. The molecule has 0 fully saturated rings. The third-order valence-corrected chi connectivity index (χ3v) is 5.45. The first-order chi connectivity index (χ1) is 13.8. The molecule has 148 valence electrons. The van der Waals surface area contributed by atoms with Gasteiger partial charge in [-0.25, -0.2) is 18.1 Å². The van der Waals surface area contributed by atoms with E-state index in [-0.39, 0.29) is 17.4 Å². The zero-order valence-corrected chi connectivity index (χ0v) is 16.9. The number of sulfone groups is 1. The molecular weight excluding hydrogens is 414 g/mol. The number of nitrogens with zero attached hydrogens (tertiary/aromatic N) is 4. The van der Waals surface area contributed by atoms with Gasteiger partial charge >= 0.3 is 0 Å². The van der Waals surface area contributed by atoms with Crippen LogP contribution in [0.25, 0.3) is 11.2 Å². The average molecular weight is 430 g/mol. The number of halogens is 1. The lowest BCUT2D eigenvalue weighted by molar-refractivity contribution is 0.0947. The van der Waals surface area contributed by atoms with E-state index in [0.29, 0.717) is 10.5 Å². The number of fused-ring (bicyclic) bond motifs is 1. The molecule has 1 aromatic carbocycles. The Hall–Kier alpha value is -3.17. The lowest BCUT2D eigenvalue weighted by Gasteiger charge is -2.02. The predicted molar refractivity (Wildman–Crippen MR) is 108 cm³/mol. The summed E-state index contributed by atoms with van der Waals surface area (Å²) in [6.45, 7) is 0.215. The van der Waals surface area contributed by atoms with Gasteiger partial charge in [0.25, 0.3) is 5.91 Å². The molecule has 0 aliphatic carbocycles. The fourth-order valence-corrected chi connectivity index (χ4v) is 3.79. The van der Waals surface area contributed by atoms with Crippen LogP contribution in [-0.2, 0) is 16.4 Å². The Morgan fingerprint density at radius 2 is 1.93 bits per heavy atom. The van der Waals surface area contributed by atoms with Gasteiger partial charge in [0.1, 0.15) is 0 Å². The summed E-state index contributed by atoms with van der Waals surface area (Å²) in [7, 11) is -3.59. The molecule has 0 aliphatic heterocycles. The highest BCUT2D eigenvalue weighted by Crippen LogP contribution is 2.17. The summed E-state index contributed by atoms with van der Waals surface area (Å²) in [4.78, 5) is 16.7. The fraction of sp³-hybridized carbons (Fsp3) is 0.105. The van der Waals surface area contributed by atoms with E-state index in [1.807, 2.05) is 12.1 Å². The number of carbonyl (C=O) groups is 1. The summed E-state index contributed by atoms with van der Waals surface area (Å²) in [6.07, 6.45) is 6.05. The molecule has 0 saturated carbocycles. The second kappa shape index (κ2) is 7.34. The highest BCUT2D eigenvalue weighted by Gasteiger charge is 2.22. The van der Waals surface area contributed by atoms with Gasteiger partial charge in [-0.05, 0) is 36.4 Å². The number of amides is 1. The van der Waals surface area contributed by atoms with Crippen molar-refractivity contribution in [2.24, 2.45) is 0 Å². The first-order valence-electron chi connectivity index (χ1n) is 8.58. The van der Waals surface area contributed by atoms with E-state index in [9.17, 15) is 13.2 Å². The van der Waals surface area contributed by atoms with Gasteiger partial charge in [-0.3, -0.25) is 9.20 Å². The maximum absolute atomic E-state index is 12.7. The van der Waals surface area contributed by atoms with Crippen molar-refractivity contribution in [1.82, 2.24) is 24.5 Å². The van der Waals surface area contributed by atoms with Crippen molar-refractivity contribution < 1.29 is 13.2 Å². The van der Waals surface area contributed by atoms with Crippen molar-refractivity contribution in [2.45, 2.75) is 11.7 Å². The number of carbonyl (C=O) groups excluding carboxylic acids is 1. The highest BCUT2D eigenvalue weighted by atomic mass is 35.5. The van der Waals surface area contributed by atoms with E-state index in [4.69, 9.17) is 11.6 Å². The number of hydrogen-bond acceptors (Lipinski definition) is 5. The third-order valence-electron chi connectivity index (χ3n) is 4.24. The van der Waals surface area contributed by atoms with Crippen molar-refractivity contribution in [3.8, 4) is 5.69 Å². The Morgan fingerprint density at radius 1 is 1.17 bits per heavy atom. The SMILES string of the molecule is CS(=O)(=O)c1nc(C(=O)NCc2cnn(-c3ccc(Cl)cc3)c2)c2ccccn12. The first-order valence-corrected chi connectivity index (χ1v) is 10.8. The summed E-state index contributed by atoms with van der Waals surface area (Å²) in [5, 5.41) is 7.50. The maximum Gasteiger partial charge on any atom is 0.272 e. The van der Waals surface area contributed by atoms with Crippen LogP contribution in [0.4, 0.5) is 0 Å². The molecule has 3 aromatic heterocycles. The molecule has 0 atom stereocenters. The number of rotatable bonds is 5. The molecule has 0 spiro atoms.